The van der Waals surface area contributed by atoms with Gasteiger partial charge in [0.1, 0.15) is 0 Å². The average Bonchev–Trinajstić information content (AvgIpc) is 3.08. The number of benzene rings is 3. The van der Waals surface area contributed by atoms with Crippen LogP contribution >= 0.6 is 0 Å². The Morgan fingerprint density at radius 1 is 0.793 bits per heavy atom. The summed E-state index contributed by atoms with van der Waals surface area (Å²) in [7, 11) is -4.53. The SMILES string of the molecule is O=C1c2cccc3cccc(c23)C(=O)N1OS(=O)(=O)c1ccc2[nH]c(=O)[nH]c2c1. The lowest BCUT2D eigenvalue weighted by atomic mass is 9.95. The van der Waals surface area contributed by atoms with Crippen molar-refractivity contribution >= 4 is 43.7 Å². The Bertz CT molecular complexity index is 1470. The van der Waals surface area contributed by atoms with Gasteiger partial charge in [-0.2, -0.15) is 8.42 Å². The van der Waals surface area contributed by atoms with E-state index in [0.29, 0.717) is 16.3 Å². The van der Waals surface area contributed by atoms with Gasteiger partial charge in [0.05, 0.1) is 27.1 Å². The van der Waals surface area contributed by atoms with Gasteiger partial charge < -0.3 is 9.97 Å². The van der Waals surface area contributed by atoms with Gasteiger partial charge in [-0.3, -0.25) is 9.59 Å². The molecule has 9 nitrogen and oxygen atoms in total. The van der Waals surface area contributed by atoms with Crippen LogP contribution in [0.2, 0.25) is 0 Å². The summed E-state index contributed by atoms with van der Waals surface area (Å²) in [4.78, 5) is 41.6. The number of carbonyl (C=O) groups is 2. The highest BCUT2D eigenvalue weighted by Crippen LogP contribution is 2.31. The highest BCUT2D eigenvalue weighted by Gasteiger charge is 2.37. The molecule has 2 amide bonds. The number of nitrogens with one attached hydrogen (secondary N) is 2. The normalized spacial score (nSPS) is 14.1. The summed E-state index contributed by atoms with van der Waals surface area (Å²) in [6.07, 6.45) is 0. The fourth-order valence-electron chi connectivity index (χ4n) is 3.38. The Kier molecular flexibility index (Phi) is 3.51. The second-order valence-corrected chi connectivity index (χ2v) is 7.96. The third-order valence-corrected chi connectivity index (χ3v) is 5.86. The van der Waals surface area contributed by atoms with E-state index in [1.54, 1.807) is 24.3 Å². The van der Waals surface area contributed by atoms with Gasteiger partial charge in [0.25, 0.3) is 11.8 Å². The van der Waals surface area contributed by atoms with Crippen molar-refractivity contribution in [1.29, 1.82) is 0 Å². The van der Waals surface area contributed by atoms with E-state index < -0.39 is 27.6 Å². The molecule has 5 rings (SSSR count). The van der Waals surface area contributed by atoms with E-state index in [4.69, 9.17) is 4.28 Å². The maximum Gasteiger partial charge on any atom is 0.323 e. The molecule has 4 aromatic rings. The van der Waals surface area contributed by atoms with Gasteiger partial charge >= 0.3 is 15.8 Å². The predicted octanol–water partition coefficient (Wildman–Crippen LogP) is 1.93. The van der Waals surface area contributed by atoms with Crippen molar-refractivity contribution in [2.75, 3.05) is 0 Å². The minimum atomic E-state index is -4.53. The van der Waals surface area contributed by atoms with Crippen LogP contribution in [0, 0.1) is 0 Å². The van der Waals surface area contributed by atoms with Crippen LogP contribution in [0.4, 0.5) is 0 Å². The summed E-state index contributed by atoms with van der Waals surface area (Å²) >= 11 is 0. The van der Waals surface area contributed by atoms with Crippen LogP contribution in [0.25, 0.3) is 21.8 Å². The fraction of sp³-hybridized carbons (Fsp3) is 0. The number of hydroxylamine groups is 2. The molecule has 3 aromatic carbocycles. The highest BCUT2D eigenvalue weighted by molar-refractivity contribution is 7.86. The van der Waals surface area contributed by atoms with Gasteiger partial charge in [-0.1, -0.05) is 24.3 Å². The van der Waals surface area contributed by atoms with E-state index in [9.17, 15) is 22.8 Å². The quantitative estimate of drug-likeness (QED) is 0.498. The molecule has 2 N–H and O–H groups in total. The highest BCUT2D eigenvalue weighted by atomic mass is 32.2. The number of H-pyrrole nitrogens is 2. The molecule has 29 heavy (non-hydrogen) atoms. The number of aromatic nitrogens is 2. The van der Waals surface area contributed by atoms with E-state index in [2.05, 4.69) is 9.97 Å². The Morgan fingerprint density at radius 2 is 1.41 bits per heavy atom. The first kappa shape index (κ1) is 17.3. The number of rotatable bonds is 3. The van der Waals surface area contributed by atoms with Crippen molar-refractivity contribution in [3.8, 4) is 0 Å². The lowest BCUT2D eigenvalue weighted by Gasteiger charge is -2.25. The summed E-state index contributed by atoms with van der Waals surface area (Å²) in [5.41, 5.74) is 0.476. The van der Waals surface area contributed by atoms with Gasteiger partial charge in [-0.05, 0) is 35.7 Å². The molecule has 0 bridgehead atoms. The predicted molar refractivity (Wildman–Crippen MR) is 102 cm³/mol. The first-order chi connectivity index (χ1) is 13.8. The van der Waals surface area contributed by atoms with Crippen molar-refractivity contribution < 1.29 is 22.3 Å². The molecule has 0 saturated heterocycles. The van der Waals surface area contributed by atoms with Crippen molar-refractivity contribution in [3.63, 3.8) is 0 Å². The standard InChI is InChI=1S/C19H11N3O6S/c23-17-12-5-1-3-10-4-2-6-13(16(10)12)18(24)22(17)28-29(26,27)11-7-8-14-15(9-11)21-19(25)20-14/h1-9H,(H2,20,21,25). The van der Waals surface area contributed by atoms with Crippen LogP contribution in [0.1, 0.15) is 20.7 Å². The van der Waals surface area contributed by atoms with E-state index in [1.807, 2.05) is 0 Å². The molecule has 0 radical (unpaired) electrons. The van der Waals surface area contributed by atoms with E-state index in [0.717, 1.165) is 0 Å². The van der Waals surface area contributed by atoms with Gasteiger partial charge in [-0.25, -0.2) is 4.79 Å². The third kappa shape index (κ3) is 2.57. The molecular formula is C19H11N3O6S. The van der Waals surface area contributed by atoms with Gasteiger partial charge in [0.2, 0.25) is 0 Å². The smallest absolute Gasteiger partial charge is 0.306 e. The largest absolute Gasteiger partial charge is 0.323 e. The Balaban J connectivity index is 1.58. The molecule has 0 fully saturated rings. The fourth-order valence-corrected chi connectivity index (χ4v) is 4.30. The summed E-state index contributed by atoms with van der Waals surface area (Å²) in [6, 6.07) is 13.5. The summed E-state index contributed by atoms with van der Waals surface area (Å²) in [5, 5.41) is 1.39. The number of fused-ring (bicyclic) bond motifs is 1. The lowest BCUT2D eigenvalue weighted by molar-refractivity contribution is -0.0155. The van der Waals surface area contributed by atoms with Crippen molar-refractivity contribution in [2.45, 2.75) is 4.90 Å². The molecule has 0 unspecified atom stereocenters. The van der Waals surface area contributed by atoms with Crippen molar-refractivity contribution in [2.24, 2.45) is 0 Å². The monoisotopic (exact) mass is 409 g/mol. The number of hydrogen-bond acceptors (Lipinski definition) is 6. The zero-order valence-electron chi connectivity index (χ0n) is 14.5. The first-order valence-corrected chi connectivity index (χ1v) is 9.83. The number of nitrogens with zero attached hydrogens (tertiary/aromatic N) is 1. The van der Waals surface area contributed by atoms with Crippen LogP contribution in [-0.2, 0) is 14.4 Å². The number of amides is 2. The van der Waals surface area contributed by atoms with Gasteiger partial charge in [0, 0.05) is 5.39 Å². The number of hydrogen-bond donors (Lipinski definition) is 2. The van der Waals surface area contributed by atoms with Gasteiger partial charge in [0.15, 0.2) is 0 Å². The molecular weight excluding hydrogens is 398 g/mol. The van der Waals surface area contributed by atoms with Crippen molar-refractivity contribution in [1.82, 2.24) is 15.0 Å². The van der Waals surface area contributed by atoms with Gasteiger partial charge in [-0.15, -0.1) is 9.35 Å². The maximum absolute atomic E-state index is 12.8. The van der Waals surface area contributed by atoms with Crippen LogP contribution in [0.5, 0.6) is 0 Å². The van der Waals surface area contributed by atoms with Crippen LogP contribution < -0.4 is 5.69 Å². The minimum absolute atomic E-state index is 0.165. The van der Waals surface area contributed by atoms with Crippen LogP contribution in [0.15, 0.2) is 64.3 Å². The molecule has 0 atom stereocenters. The molecule has 0 spiro atoms. The molecule has 2 heterocycles. The number of aromatic amines is 2. The van der Waals surface area contributed by atoms with E-state index in [-0.39, 0.29) is 26.6 Å². The van der Waals surface area contributed by atoms with Crippen molar-refractivity contribution in [3.05, 3.63) is 76.2 Å². The number of imidazole rings is 1. The minimum Gasteiger partial charge on any atom is -0.306 e. The summed E-state index contributed by atoms with van der Waals surface area (Å²) in [6.45, 7) is 0. The molecule has 1 aliphatic rings. The Hall–Kier alpha value is -3.76. The zero-order chi connectivity index (χ0) is 20.3. The lowest BCUT2D eigenvalue weighted by Crippen LogP contribution is -2.41. The molecule has 10 heteroatoms. The Labute approximate surface area is 162 Å². The molecule has 1 aromatic heterocycles. The zero-order valence-corrected chi connectivity index (χ0v) is 15.3. The van der Waals surface area contributed by atoms with E-state index in [1.165, 1.54) is 30.3 Å². The molecule has 144 valence electrons. The molecule has 0 aliphatic carbocycles. The number of imide groups is 1. The maximum atomic E-state index is 12.8. The second-order valence-electron chi connectivity index (χ2n) is 6.43. The van der Waals surface area contributed by atoms with Crippen LogP contribution in [0.3, 0.4) is 0 Å². The molecule has 1 aliphatic heterocycles. The average molecular weight is 409 g/mol. The first-order valence-electron chi connectivity index (χ1n) is 8.42. The number of carbonyl (C=O) groups excluding carboxylic acids is 2. The van der Waals surface area contributed by atoms with E-state index >= 15 is 0 Å². The summed E-state index contributed by atoms with van der Waals surface area (Å²) < 4.78 is 30.4. The summed E-state index contributed by atoms with van der Waals surface area (Å²) in [5.74, 6) is -1.75. The topological polar surface area (TPSA) is 129 Å². The Morgan fingerprint density at radius 3 is 2.07 bits per heavy atom. The molecule has 0 saturated carbocycles. The van der Waals surface area contributed by atoms with Crippen LogP contribution in [-0.4, -0.2) is 35.3 Å². The third-order valence-electron chi connectivity index (χ3n) is 4.68. The second kappa shape index (κ2) is 5.87.